The number of nitrogens with zero attached hydrogens (tertiary/aromatic N) is 2. The highest BCUT2D eigenvalue weighted by atomic mass is 19.1. The summed E-state index contributed by atoms with van der Waals surface area (Å²) in [5.41, 5.74) is 0.510. The molecular formula is C15H18FN3O2. The number of aromatic hydroxyl groups is 1. The van der Waals surface area contributed by atoms with Crippen molar-refractivity contribution < 1.29 is 14.0 Å². The number of hydrogen-bond donors (Lipinski definition) is 2. The molecule has 0 saturated carbocycles. The number of halogens is 1. The van der Waals surface area contributed by atoms with Crippen LogP contribution in [0.5, 0.6) is 5.75 Å². The van der Waals surface area contributed by atoms with Crippen molar-refractivity contribution in [2.24, 2.45) is 5.41 Å². The van der Waals surface area contributed by atoms with Gasteiger partial charge in [-0.2, -0.15) is 4.98 Å². The average molecular weight is 291 g/mol. The molecule has 2 aromatic rings. The van der Waals surface area contributed by atoms with Crippen LogP contribution < -0.4 is 5.32 Å². The fourth-order valence-corrected chi connectivity index (χ4v) is 2.75. The number of phenols is 1. The molecule has 0 aliphatic carbocycles. The van der Waals surface area contributed by atoms with Gasteiger partial charge in [0.2, 0.25) is 11.7 Å². The Morgan fingerprint density at radius 2 is 2.24 bits per heavy atom. The lowest BCUT2D eigenvalue weighted by atomic mass is 9.77. The number of benzene rings is 1. The van der Waals surface area contributed by atoms with Gasteiger partial charge in [0.1, 0.15) is 0 Å². The molecule has 1 aromatic heterocycles. The average Bonchev–Trinajstić information content (AvgIpc) is 2.91. The SMILES string of the molecule is CC1(C)CCCNC1c1nc(-c2ccc(O)c(F)c2)no1. The number of piperidine rings is 1. The lowest BCUT2D eigenvalue weighted by Crippen LogP contribution is -2.39. The lowest BCUT2D eigenvalue weighted by Gasteiger charge is -2.36. The number of phenolic OH excluding ortho intramolecular Hbond substituents is 1. The molecule has 0 amide bonds. The molecular weight excluding hydrogens is 273 g/mol. The van der Waals surface area contributed by atoms with Crippen molar-refractivity contribution >= 4 is 0 Å². The number of rotatable bonds is 2. The van der Waals surface area contributed by atoms with Gasteiger partial charge >= 0.3 is 0 Å². The van der Waals surface area contributed by atoms with E-state index < -0.39 is 11.6 Å². The topological polar surface area (TPSA) is 71.2 Å². The Labute approximate surface area is 122 Å². The molecule has 0 bridgehead atoms. The molecule has 5 nitrogen and oxygen atoms in total. The molecule has 1 unspecified atom stereocenters. The van der Waals surface area contributed by atoms with Gasteiger partial charge in [-0.15, -0.1) is 0 Å². The predicted octanol–water partition coefficient (Wildman–Crippen LogP) is 3.03. The van der Waals surface area contributed by atoms with Crippen LogP contribution in [0.15, 0.2) is 22.7 Å². The van der Waals surface area contributed by atoms with Crippen molar-refractivity contribution in [2.45, 2.75) is 32.7 Å². The molecule has 1 saturated heterocycles. The van der Waals surface area contributed by atoms with Crippen LogP contribution in [0.2, 0.25) is 0 Å². The second-order valence-corrected chi connectivity index (χ2v) is 6.10. The van der Waals surface area contributed by atoms with Crippen molar-refractivity contribution in [2.75, 3.05) is 6.54 Å². The van der Waals surface area contributed by atoms with E-state index in [0.29, 0.717) is 17.3 Å². The fourth-order valence-electron chi connectivity index (χ4n) is 2.75. The Hall–Kier alpha value is -1.95. The minimum Gasteiger partial charge on any atom is -0.505 e. The van der Waals surface area contributed by atoms with Gasteiger partial charge in [0, 0.05) is 5.56 Å². The van der Waals surface area contributed by atoms with Crippen molar-refractivity contribution in [1.82, 2.24) is 15.5 Å². The van der Waals surface area contributed by atoms with Gasteiger partial charge in [-0.05, 0) is 43.0 Å². The molecule has 1 aliphatic heterocycles. The molecule has 0 spiro atoms. The number of nitrogens with one attached hydrogen (secondary N) is 1. The van der Waals surface area contributed by atoms with Crippen LogP contribution in [0.4, 0.5) is 4.39 Å². The van der Waals surface area contributed by atoms with E-state index in [1.807, 2.05) is 0 Å². The summed E-state index contributed by atoms with van der Waals surface area (Å²) in [6, 6.07) is 4.04. The van der Waals surface area contributed by atoms with Gasteiger partial charge in [0.15, 0.2) is 11.6 Å². The second kappa shape index (κ2) is 5.11. The molecule has 112 valence electrons. The van der Waals surface area contributed by atoms with Crippen LogP contribution in [-0.2, 0) is 0 Å². The van der Waals surface area contributed by atoms with Crippen LogP contribution >= 0.6 is 0 Å². The van der Waals surface area contributed by atoms with Gasteiger partial charge in [-0.3, -0.25) is 0 Å². The molecule has 1 fully saturated rings. The summed E-state index contributed by atoms with van der Waals surface area (Å²) in [7, 11) is 0. The number of hydrogen-bond acceptors (Lipinski definition) is 5. The Morgan fingerprint density at radius 3 is 2.95 bits per heavy atom. The molecule has 2 N–H and O–H groups in total. The van der Waals surface area contributed by atoms with Crippen LogP contribution in [0, 0.1) is 11.2 Å². The maximum Gasteiger partial charge on any atom is 0.244 e. The summed E-state index contributed by atoms with van der Waals surface area (Å²) >= 11 is 0. The predicted molar refractivity (Wildman–Crippen MR) is 75.1 cm³/mol. The Balaban J connectivity index is 1.90. The van der Waals surface area contributed by atoms with E-state index in [9.17, 15) is 9.50 Å². The quantitative estimate of drug-likeness (QED) is 0.890. The monoisotopic (exact) mass is 291 g/mol. The van der Waals surface area contributed by atoms with Gasteiger partial charge in [0.25, 0.3) is 0 Å². The molecule has 1 aromatic carbocycles. The van der Waals surface area contributed by atoms with E-state index in [2.05, 4.69) is 29.3 Å². The largest absolute Gasteiger partial charge is 0.505 e. The van der Waals surface area contributed by atoms with Gasteiger partial charge in [-0.1, -0.05) is 19.0 Å². The molecule has 21 heavy (non-hydrogen) atoms. The first-order chi connectivity index (χ1) is 9.97. The van der Waals surface area contributed by atoms with Gasteiger partial charge in [-0.25, -0.2) is 4.39 Å². The zero-order valence-electron chi connectivity index (χ0n) is 12.1. The van der Waals surface area contributed by atoms with Gasteiger partial charge in [0.05, 0.1) is 6.04 Å². The molecule has 1 aliphatic rings. The minimum absolute atomic E-state index is 0.00513. The third kappa shape index (κ3) is 2.63. The highest BCUT2D eigenvalue weighted by Gasteiger charge is 2.37. The highest BCUT2D eigenvalue weighted by molar-refractivity contribution is 5.55. The van der Waals surface area contributed by atoms with Crippen molar-refractivity contribution in [3.8, 4) is 17.1 Å². The smallest absolute Gasteiger partial charge is 0.244 e. The summed E-state index contributed by atoms with van der Waals surface area (Å²) in [5, 5.41) is 16.5. The van der Waals surface area contributed by atoms with E-state index in [1.165, 1.54) is 12.1 Å². The van der Waals surface area contributed by atoms with E-state index in [1.54, 1.807) is 6.07 Å². The summed E-state index contributed by atoms with van der Waals surface area (Å²) in [6.45, 7) is 5.24. The fraction of sp³-hybridized carbons (Fsp3) is 0.467. The molecule has 2 heterocycles. The highest BCUT2D eigenvalue weighted by Crippen LogP contribution is 2.39. The van der Waals surface area contributed by atoms with E-state index in [-0.39, 0.29) is 11.5 Å². The first kappa shape index (κ1) is 14.0. The molecule has 1 atom stereocenters. The maximum atomic E-state index is 13.4. The van der Waals surface area contributed by atoms with Crippen LogP contribution in [0.3, 0.4) is 0 Å². The summed E-state index contributed by atoms with van der Waals surface area (Å²) in [4.78, 5) is 4.38. The normalized spacial score (nSPS) is 21.4. The zero-order valence-corrected chi connectivity index (χ0v) is 12.1. The molecule has 0 radical (unpaired) electrons. The summed E-state index contributed by atoms with van der Waals surface area (Å²) in [6.07, 6.45) is 2.20. The van der Waals surface area contributed by atoms with Gasteiger partial charge < -0.3 is 14.9 Å². The Bertz CT molecular complexity index is 654. The summed E-state index contributed by atoms with van der Waals surface area (Å²) < 4.78 is 18.8. The van der Waals surface area contributed by atoms with Crippen LogP contribution in [-0.4, -0.2) is 21.8 Å². The number of aromatic nitrogens is 2. The minimum atomic E-state index is -0.699. The molecule has 6 heteroatoms. The standard InChI is InChI=1S/C15H18FN3O2/c1-15(2)6-3-7-17-12(15)14-18-13(19-21-14)9-4-5-11(20)10(16)8-9/h4-5,8,12,17,20H,3,6-7H2,1-2H3. The Kier molecular flexibility index (Phi) is 3.41. The van der Waals surface area contributed by atoms with Crippen LogP contribution in [0.1, 0.15) is 38.6 Å². The third-order valence-electron chi connectivity index (χ3n) is 4.02. The maximum absolute atomic E-state index is 13.4. The van der Waals surface area contributed by atoms with Crippen molar-refractivity contribution in [3.05, 3.63) is 29.9 Å². The van der Waals surface area contributed by atoms with E-state index in [0.717, 1.165) is 19.4 Å². The second-order valence-electron chi connectivity index (χ2n) is 6.10. The molecule has 3 rings (SSSR count). The van der Waals surface area contributed by atoms with Crippen LogP contribution in [0.25, 0.3) is 11.4 Å². The van der Waals surface area contributed by atoms with E-state index >= 15 is 0 Å². The third-order valence-corrected chi connectivity index (χ3v) is 4.02. The zero-order chi connectivity index (χ0) is 15.0. The summed E-state index contributed by atoms with van der Waals surface area (Å²) in [5.74, 6) is -0.247. The Morgan fingerprint density at radius 1 is 1.43 bits per heavy atom. The lowest BCUT2D eigenvalue weighted by molar-refractivity contribution is 0.146. The van der Waals surface area contributed by atoms with Crippen molar-refractivity contribution in [1.29, 1.82) is 0 Å². The first-order valence-corrected chi connectivity index (χ1v) is 7.03. The van der Waals surface area contributed by atoms with Crippen molar-refractivity contribution in [3.63, 3.8) is 0 Å². The van der Waals surface area contributed by atoms with E-state index in [4.69, 9.17) is 4.52 Å². The first-order valence-electron chi connectivity index (χ1n) is 7.03.